The molecular weight excluding hydrogens is 316 g/mol. The topological polar surface area (TPSA) is 47.0 Å². The maximum atomic E-state index is 11.4. The fraction of sp³-hybridized carbons (Fsp3) is 0.625. The van der Waals surface area contributed by atoms with Gasteiger partial charge in [-0.05, 0) is 12.8 Å². The molecule has 0 aliphatic rings. The van der Waals surface area contributed by atoms with Crippen LogP contribution in [0.3, 0.4) is 0 Å². The third-order valence-corrected chi connectivity index (χ3v) is 3.55. The van der Waals surface area contributed by atoms with Gasteiger partial charge in [-0.3, -0.25) is 4.79 Å². The maximum absolute atomic E-state index is 11.4. The van der Waals surface area contributed by atoms with Gasteiger partial charge in [0.15, 0.2) is 12.4 Å². The van der Waals surface area contributed by atoms with Crippen LogP contribution in [0.2, 0.25) is 0 Å². The van der Waals surface area contributed by atoms with Gasteiger partial charge in [-0.2, -0.15) is 0 Å². The highest BCUT2D eigenvalue weighted by molar-refractivity contribution is 5.76. The van der Waals surface area contributed by atoms with Crippen LogP contribution in [0.5, 0.6) is 0 Å². The Labute approximate surface area is 133 Å². The average molecular weight is 343 g/mol. The first kappa shape index (κ1) is 19.1. The van der Waals surface area contributed by atoms with Gasteiger partial charge >= 0.3 is 0 Å². The Hall–Kier alpha value is -0.900. The second-order valence-electron chi connectivity index (χ2n) is 5.20. The second-order valence-corrected chi connectivity index (χ2v) is 5.20. The molecule has 1 aromatic rings. The summed E-state index contributed by atoms with van der Waals surface area (Å²) in [5.74, 6) is -0.0734. The molecule has 1 heterocycles. The van der Waals surface area contributed by atoms with Gasteiger partial charge in [0, 0.05) is 24.5 Å². The van der Waals surface area contributed by atoms with Gasteiger partial charge in [0.1, 0.15) is 6.54 Å². The Kier molecular flexibility index (Phi) is 11.4. The van der Waals surface area contributed by atoms with Crippen molar-refractivity contribution in [1.82, 2.24) is 0 Å². The largest absolute Gasteiger partial charge is 1.00 e. The minimum atomic E-state index is -0.130. The number of aryl methyl sites for hydroxylation is 1. The number of hydrogen-bond acceptors (Lipinski definition) is 1. The van der Waals surface area contributed by atoms with Crippen LogP contribution >= 0.6 is 0 Å². The van der Waals surface area contributed by atoms with E-state index in [1.165, 1.54) is 19.3 Å². The fourth-order valence-electron chi connectivity index (χ4n) is 2.35. The molecule has 0 radical (unpaired) electrons. The monoisotopic (exact) mass is 342 g/mol. The minimum Gasteiger partial charge on any atom is -1.00 e. The number of halogens is 1. The molecule has 1 aromatic heterocycles. The summed E-state index contributed by atoms with van der Waals surface area (Å²) >= 11 is 0. The number of nitrogens with zero attached hydrogens (tertiary/aromatic N) is 1. The zero-order chi connectivity index (χ0) is 13.9. The Morgan fingerprint density at radius 2 is 1.70 bits per heavy atom. The molecular formula is C16H27BrN2O. The van der Waals surface area contributed by atoms with Crippen LogP contribution in [0.1, 0.15) is 51.9 Å². The van der Waals surface area contributed by atoms with Crippen molar-refractivity contribution in [3.05, 3.63) is 30.6 Å². The van der Waals surface area contributed by atoms with Gasteiger partial charge in [0.05, 0.1) is 0 Å². The number of aromatic nitrogens is 1. The van der Waals surface area contributed by atoms with Crippen LogP contribution in [0.4, 0.5) is 0 Å². The van der Waals surface area contributed by atoms with Gasteiger partial charge in [-0.15, -0.1) is 0 Å². The lowest BCUT2D eigenvalue weighted by Gasteiger charge is -2.11. The third kappa shape index (κ3) is 8.31. The lowest BCUT2D eigenvalue weighted by atomic mass is 9.95. The lowest BCUT2D eigenvalue weighted by Crippen LogP contribution is -3.00. The lowest BCUT2D eigenvalue weighted by molar-refractivity contribution is -0.697. The van der Waals surface area contributed by atoms with E-state index >= 15 is 0 Å². The number of amides is 1. The average Bonchev–Trinajstić information content (AvgIpc) is 2.42. The number of hydrogen-bond donors (Lipinski definition) is 1. The first-order valence-electron chi connectivity index (χ1n) is 7.47. The molecule has 0 aliphatic heterocycles. The molecule has 1 rings (SSSR count). The van der Waals surface area contributed by atoms with Crippen LogP contribution < -0.4 is 27.3 Å². The first-order valence-corrected chi connectivity index (χ1v) is 7.47. The van der Waals surface area contributed by atoms with Crippen molar-refractivity contribution in [2.45, 2.75) is 58.4 Å². The molecule has 0 spiro atoms. The standard InChI is InChI=1S/C16H26N2O.BrH/c1-2-3-4-6-10-15(16(17)19)11-9-14-18-12-7-5-8-13-18;/h5,7-8,12-13,15H,2-4,6,9-11,14H2,1H3,(H-,17,19);1H. The van der Waals surface area contributed by atoms with Crippen LogP contribution in [-0.2, 0) is 11.3 Å². The highest BCUT2D eigenvalue weighted by Gasteiger charge is 2.15. The molecule has 0 aliphatic carbocycles. The van der Waals surface area contributed by atoms with Crippen molar-refractivity contribution in [2.75, 3.05) is 0 Å². The molecule has 3 nitrogen and oxygen atoms in total. The summed E-state index contributed by atoms with van der Waals surface area (Å²) in [5, 5.41) is 0. The van der Waals surface area contributed by atoms with E-state index in [-0.39, 0.29) is 28.8 Å². The Morgan fingerprint density at radius 3 is 2.30 bits per heavy atom. The molecule has 1 unspecified atom stereocenters. The van der Waals surface area contributed by atoms with Crippen LogP contribution in [-0.4, -0.2) is 5.91 Å². The number of carbonyl (C=O) groups excluding carboxylic acids is 1. The van der Waals surface area contributed by atoms with Crippen LogP contribution in [0, 0.1) is 5.92 Å². The molecule has 1 atom stereocenters. The van der Waals surface area contributed by atoms with Crippen molar-refractivity contribution < 1.29 is 26.3 Å². The molecule has 0 bridgehead atoms. The molecule has 0 saturated carbocycles. The zero-order valence-electron chi connectivity index (χ0n) is 12.4. The summed E-state index contributed by atoms with van der Waals surface area (Å²) in [4.78, 5) is 11.4. The number of nitrogens with two attached hydrogens (primary N) is 1. The predicted octanol–water partition coefficient (Wildman–Crippen LogP) is -0.170. The van der Waals surface area contributed by atoms with Gasteiger partial charge in [-0.25, -0.2) is 4.57 Å². The molecule has 4 heteroatoms. The van der Waals surface area contributed by atoms with Crippen molar-refractivity contribution in [3.63, 3.8) is 0 Å². The fourth-order valence-corrected chi connectivity index (χ4v) is 2.35. The van der Waals surface area contributed by atoms with E-state index in [0.29, 0.717) is 0 Å². The maximum Gasteiger partial charge on any atom is 0.220 e. The van der Waals surface area contributed by atoms with Crippen molar-refractivity contribution >= 4 is 5.91 Å². The van der Waals surface area contributed by atoms with Crippen LogP contribution in [0.15, 0.2) is 30.6 Å². The summed E-state index contributed by atoms with van der Waals surface area (Å²) < 4.78 is 2.15. The summed E-state index contributed by atoms with van der Waals surface area (Å²) in [7, 11) is 0. The SMILES string of the molecule is CCCCCCC(CCC[n+]1ccccc1)C(N)=O.[Br-]. The molecule has 2 N–H and O–H groups in total. The minimum absolute atomic E-state index is 0. The highest BCUT2D eigenvalue weighted by Crippen LogP contribution is 2.15. The number of primary amides is 1. The smallest absolute Gasteiger partial charge is 0.220 e. The Morgan fingerprint density at radius 1 is 1.05 bits per heavy atom. The first-order chi connectivity index (χ1) is 9.24. The van der Waals surface area contributed by atoms with E-state index in [1.807, 2.05) is 18.2 Å². The Balaban J connectivity index is 0.00000361. The molecule has 114 valence electrons. The number of pyridine rings is 1. The quantitative estimate of drug-likeness (QED) is 0.465. The zero-order valence-corrected chi connectivity index (χ0v) is 14.0. The third-order valence-electron chi connectivity index (χ3n) is 3.55. The van der Waals surface area contributed by atoms with Gasteiger partial charge in [0.25, 0.3) is 0 Å². The van der Waals surface area contributed by atoms with E-state index in [0.717, 1.165) is 32.2 Å². The molecule has 20 heavy (non-hydrogen) atoms. The molecule has 1 amide bonds. The van der Waals surface area contributed by atoms with Gasteiger partial charge in [-0.1, -0.05) is 38.7 Å². The summed E-state index contributed by atoms with van der Waals surface area (Å²) in [6.45, 7) is 3.15. The summed E-state index contributed by atoms with van der Waals surface area (Å²) in [6.07, 6.45) is 11.8. The van der Waals surface area contributed by atoms with E-state index in [9.17, 15) is 4.79 Å². The van der Waals surface area contributed by atoms with Crippen molar-refractivity contribution in [1.29, 1.82) is 0 Å². The van der Waals surface area contributed by atoms with E-state index < -0.39 is 0 Å². The highest BCUT2D eigenvalue weighted by atomic mass is 79.9. The normalized spacial score (nSPS) is 11.7. The molecule has 0 aromatic carbocycles. The summed E-state index contributed by atoms with van der Waals surface area (Å²) in [6, 6.07) is 6.06. The van der Waals surface area contributed by atoms with Gasteiger partial charge < -0.3 is 22.7 Å². The predicted molar refractivity (Wildman–Crippen MR) is 77.3 cm³/mol. The van der Waals surface area contributed by atoms with Gasteiger partial charge in [0.2, 0.25) is 5.91 Å². The van der Waals surface area contributed by atoms with Crippen molar-refractivity contribution in [2.24, 2.45) is 11.7 Å². The molecule has 0 saturated heterocycles. The second kappa shape index (κ2) is 11.9. The Bertz CT molecular complexity index is 357. The van der Waals surface area contributed by atoms with Crippen LogP contribution in [0.25, 0.3) is 0 Å². The van der Waals surface area contributed by atoms with E-state index in [1.54, 1.807) is 0 Å². The van der Waals surface area contributed by atoms with E-state index in [2.05, 4.69) is 23.9 Å². The number of rotatable bonds is 10. The summed E-state index contributed by atoms with van der Waals surface area (Å²) in [5.41, 5.74) is 5.49. The molecule has 0 fully saturated rings. The van der Waals surface area contributed by atoms with Crippen molar-refractivity contribution in [3.8, 4) is 0 Å². The number of carbonyl (C=O) groups is 1. The number of unbranched alkanes of at least 4 members (excludes halogenated alkanes) is 3. The van der Waals surface area contributed by atoms with E-state index in [4.69, 9.17) is 5.73 Å².